The largest absolute Gasteiger partial charge is 0.493 e. The molecule has 2 amide bonds. The molecule has 1 saturated heterocycles. The summed E-state index contributed by atoms with van der Waals surface area (Å²) in [5.74, 6) is 0.628. The van der Waals surface area contributed by atoms with Crippen molar-refractivity contribution in [2.45, 2.75) is 45.3 Å². The van der Waals surface area contributed by atoms with Crippen LogP contribution in [0.3, 0.4) is 0 Å². The lowest BCUT2D eigenvalue weighted by Gasteiger charge is -2.39. The number of hydrogen-bond donors (Lipinski definition) is 1. The number of benzene rings is 2. The van der Waals surface area contributed by atoms with Crippen molar-refractivity contribution in [3.8, 4) is 5.75 Å². The molecule has 172 valence electrons. The maximum atomic E-state index is 14.2. The Balaban J connectivity index is 1.53. The average molecular weight is 443 g/mol. The maximum absolute atomic E-state index is 14.2. The third-order valence-corrected chi connectivity index (χ3v) is 5.10. The fourth-order valence-corrected chi connectivity index (χ4v) is 3.53. The topological polar surface area (TPSA) is 67.9 Å². The van der Waals surface area contributed by atoms with Gasteiger partial charge in [0.1, 0.15) is 17.2 Å². The van der Waals surface area contributed by atoms with Crippen LogP contribution in [-0.2, 0) is 16.0 Å². The minimum Gasteiger partial charge on any atom is -0.493 e. The molecular formula is C25H31FN2O4. The Morgan fingerprint density at radius 2 is 1.75 bits per heavy atom. The highest BCUT2D eigenvalue weighted by molar-refractivity contribution is 5.78. The summed E-state index contributed by atoms with van der Waals surface area (Å²) in [4.78, 5) is 26.8. The van der Waals surface area contributed by atoms with Gasteiger partial charge < -0.3 is 19.7 Å². The van der Waals surface area contributed by atoms with Gasteiger partial charge in [0, 0.05) is 31.5 Å². The van der Waals surface area contributed by atoms with E-state index in [4.69, 9.17) is 9.47 Å². The number of amides is 2. The van der Waals surface area contributed by atoms with Crippen molar-refractivity contribution in [2.75, 3.05) is 19.7 Å². The molecule has 1 aliphatic heterocycles. The van der Waals surface area contributed by atoms with Crippen LogP contribution in [-0.4, -0.2) is 48.2 Å². The molecule has 1 heterocycles. The van der Waals surface area contributed by atoms with E-state index in [1.165, 1.54) is 6.07 Å². The first-order valence-corrected chi connectivity index (χ1v) is 10.9. The lowest BCUT2D eigenvalue weighted by molar-refractivity contribution is -0.138. The number of ether oxygens (including phenoxy) is 2. The second kappa shape index (κ2) is 10.5. The van der Waals surface area contributed by atoms with E-state index in [1.807, 2.05) is 30.3 Å². The standard InChI is InChI=1S/C25H31FN2O4/c1-25(2,3)32-24(30)27-20(13-19-9-7-8-12-22(19)26)14-23(29)28-15-18(16-28)17-31-21-10-5-4-6-11-21/h4-12,18,20H,13-17H2,1-3H3,(H,27,30)/t20-/m1/s1. The number of nitrogens with zero attached hydrogens (tertiary/aromatic N) is 1. The van der Waals surface area contributed by atoms with E-state index in [0.717, 1.165) is 5.75 Å². The van der Waals surface area contributed by atoms with Crippen LogP contribution in [0.15, 0.2) is 54.6 Å². The first kappa shape index (κ1) is 23.6. The summed E-state index contributed by atoms with van der Waals surface area (Å²) in [6.45, 7) is 7.04. The molecule has 32 heavy (non-hydrogen) atoms. The molecular weight excluding hydrogens is 411 g/mol. The van der Waals surface area contributed by atoms with Gasteiger partial charge in [-0.3, -0.25) is 4.79 Å². The first-order valence-electron chi connectivity index (χ1n) is 10.9. The van der Waals surface area contributed by atoms with Gasteiger partial charge in [0.15, 0.2) is 0 Å². The Hall–Kier alpha value is -3.09. The normalized spacial score (nSPS) is 14.9. The second-order valence-electron chi connectivity index (χ2n) is 9.13. The van der Waals surface area contributed by atoms with Gasteiger partial charge >= 0.3 is 6.09 Å². The predicted octanol–water partition coefficient (Wildman–Crippen LogP) is 4.19. The van der Waals surface area contributed by atoms with E-state index < -0.39 is 17.7 Å². The van der Waals surface area contributed by atoms with Gasteiger partial charge in [0.25, 0.3) is 0 Å². The lowest BCUT2D eigenvalue weighted by atomic mass is 9.98. The third kappa shape index (κ3) is 7.25. The second-order valence-corrected chi connectivity index (χ2v) is 9.13. The SMILES string of the molecule is CC(C)(C)OC(=O)N[C@@H](CC(=O)N1CC(COc2ccccc2)C1)Cc1ccccc1F. The molecule has 7 heteroatoms. The quantitative estimate of drug-likeness (QED) is 0.666. The highest BCUT2D eigenvalue weighted by atomic mass is 19.1. The summed E-state index contributed by atoms with van der Waals surface area (Å²) < 4.78 is 25.2. The summed E-state index contributed by atoms with van der Waals surface area (Å²) in [6.07, 6.45) is -0.351. The predicted molar refractivity (Wildman–Crippen MR) is 120 cm³/mol. The monoisotopic (exact) mass is 442 g/mol. The molecule has 0 saturated carbocycles. The van der Waals surface area contributed by atoms with Gasteiger partial charge in [-0.1, -0.05) is 36.4 Å². The highest BCUT2D eigenvalue weighted by Crippen LogP contribution is 2.20. The summed E-state index contributed by atoms with van der Waals surface area (Å²) >= 11 is 0. The number of hydrogen-bond acceptors (Lipinski definition) is 4. The van der Waals surface area contributed by atoms with E-state index in [9.17, 15) is 14.0 Å². The van der Waals surface area contributed by atoms with Crippen LogP contribution < -0.4 is 10.1 Å². The highest BCUT2D eigenvalue weighted by Gasteiger charge is 2.33. The molecule has 1 atom stereocenters. The van der Waals surface area contributed by atoms with Crippen LogP contribution in [0, 0.1) is 11.7 Å². The van der Waals surface area contributed by atoms with Gasteiger partial charge in [0.05, 0.1) is 6.61 Å². The van der Waals surface area contributed by atoms with Gasteiger partial charge in [-0.05, 0) is 51.0 Å². The third-order valence-electron chi connectivity index (χ3n) is 5.10. The van der Waals surface area contributed by atoms with Gasteiger partial charge in [-0.15, -0.1) is 0 Å². The molecule has 0 aliphatic carbocycles. The van der Waals surface area contributed by atoms with E-state index in [0.29, 0.717) is 25.3 Å². The zero-order chi connectivity index (χ0) is 23.1. The fraction of sp³-hybridized carbons (Fsp3) is 0.440. The summed E-state index contributed by atoms with van der Waals surface area (Å²) in [7, 11) is 0. The van der Waals surface area contributed by atoms with E-state index in [2.05, 4.69) is 5.32 Å². The van der Waals surface area contributed by atoms with Crippen LogP contribution in [0.4, 0.5) is 9.18 Å². The fourth-order valence-electron chi connectivity index (χ4n) is 3.53. The number of rotatable bonds is 8. The van der Waals surface area contributed by atoms with E-state index in [1.54, 1.807) is 43.9 Å². The minimum atomic E-state index is -0.667. The Morgan fingerprint density at radius 3 is 2.41 bits per heavy atom. The lowest BCUT2D eigenvalue weighted by Crippen LogP contribution is -2.53. The Kier molecular flexibility index (Phi) is 7.72. The van der Waals surface area contributed by atoms with Crippen molar-refractivity contribution in [2.24, 2.45) is 5.92 Å². The van der Waals surface area contributed by atoms with Crippen LogP contribution >= 0.6 is 0 Å². The number of halogens is 1. The minimum absolute atomic E-state index is 0.0693. The average Bonchev–Trinajstić information content (AvgIpc) is 2.67. The van der Waals surface area contributed by atoms with Crippen LogP contribution in [0.5, 0.6) is 5.75 Å². The molecule has 0 radical (unpaired) electrons. The molecule has 0 aromatic heterocycles. The van der Waals surface area contributed by atoms with Crippen LogP contribution in [0.2, 0.25) is 0 Å². The number of carbonyl (C=O) groups excluding carboxylic acids is 2. The number of carbonyl (C=O) groups is 2. The zero-order valence-electron chi connectivity index (χ0n) is 18.8. The van der Waals surface area contributed by atoms with Gasteiger partial charge in [-0.25, -0.2) is 9.18 Å². The van der Waals surface area contributed by atoms with Crippen molar-refractivity contribution in [3.63, 3.8) is 0 Å². The van der Waals surface area contributed by atoms with Crippen LogP contribution in [0.25, 0.3) is 0 Å². The Morgan fingerprint density at radius 1 is 1.09 bits per heavy atom. The molecule has 0 unspecified atom stereocenters. The van der Waals surface area contributed by atoms with Crippen molar-refractivity contribution >= 4 is 12.0 Å². The number of alkyl carbamates (subject to hydrolysis) is 1. The summed E-state index contributed by atoms with van der Waals surface area (Å²) in [5, 5.41) is 2.74. The molecule has 1 N–H and O–H groups in total. The van der Waals surface area contributed by atoms with Crippen molar-refractivity contribution in [3.05, 3.63) is 66.0 Å². The Labute approximate surface area is 188 Å². The smallest absolute Gasteiger partial charge is 0.407 e. The molecule has 0 spiro atoms. The molecule has 3 rings (SSSR count). The van der Waals surface area contributed by atoms with Crippen molar-refractivity contribution in [1.29, 1.82) is 0 Å². The van der Waals surface area contributed by atoms with Gasteiger partial charge in [-0.2, -0.15) is 0 Å². The molecule has 1 aliphatic rings. The number of likely N-dealkylation sites (tertiary alicyclic amines) is 1. The maximum Gasteiger partial charge on any atom is 0.407 e. The first-order chi connectivity index (χ1) is 15.2. The van der Waals surface area contributed by atoms with Crippen molar-refractivity contribution in [1.82, 2.24) is 10.2 Å². The van der Waals surface area contributed by atoms with E-state index in [-0.39, 0.29) is 30.5 Å². The van der Waals surface area contributed by atoms with E-state index >= 15 is 0 Å². The Bertz CT molecular complexity index is 908. The van der Waals surface area contributed by atoms with Crippen LogP contribution in [0.1, 0.15) is 32.8 Å². The molecule has 2 aromatic rings. The van der Waals surface area contributed by atoms with Crippen molar-refractivity contribution < 1.29 is 23.5 Å². The summed E-state index contributed by atoms with van der Waals surface area (Å²) in [6, 6.07) is 15.4. The molecule has 0 bridgehead atoms. The molecule has 6 nitrogen and oxygen atoms in total. The number of nitrogens with one attached hydrogen (secondary N) is 1. The van der Waals surface area contributed by atoms with Gasteiger partial charge in [0.2, 0.25) is 5.91 Å². The zero-order valence-corrected chi connectivity index (χ0v) is 18.8. The summed E-state index contributed by atoms with van der Waals surface area (Å²) in [5.41, 5.74) is -0.223. The molecule has 2 aromatic carbocycles. The molecule has 1 fully saturated rings. The number of para-hydroxylation sites is 1.